The Labute approximate surface area is 175 Å². The number of carbonyl (C=O) groups excluding carboxylic acids is 2. The number of morpholine rings is 1. The third kappa shape index (κ3) is 6.39. The molecule has 142 valence electrons. The molecule has 0 saturated carbocycles. The fourth-order valence-corrected chi connectivity index (χ4v) is 2.77. The standard InChI is InChI=1S/C20H22N2O5.Li/c23-19(13-22-8-10-26-11-9-22)21-17-12-16(20(24)25)6-7-18(17)27-14-15-4-2-1-3-5-15;/h1-7,12H,8-11,13-14H2,(H,21,23)(H,24,25);/q;+1/p-1. The fourth-order valence-electron chi connectivity index (χ4n) is 2.77. The summed E-state index contributed by atoms with van der Waals surface area (Å²) in [5.41, 5.74) is 1.25. The summed E-state index contributed by atoms with van der Waals surface area (Å²) in [5, 5.41) is 13.9. The number of carbonyl (C=O) groups is 2. The number of hydrogen-bond acceptors (Lipinski definition) is 6. The van der Waals surface area contributed by atoms with Crippen molar-refractivity contribution in [3.63, 3.8) is 0 Å². The first-order valence-electron chi connectivity index (χ1n) is 8.74. The second-order valence-corrected chi connectivity index (χ2v) is 6.21. The number of carboxylic acid groups (broad SMARTS) is 1. The number of rotatable bonds is 7. The molecule has 0 radical (unpaired) electrons. The molecule has 1 amide bonds. The van der Waals surface area contributed by atoms with E-state index in [2.05, 4.69) is 5.32 Å². The van der Waals surface area contributed by atoms with Crippen LogP contribution in [0.15, 0.2) is 48.5 Å². The Morgan fingerprint density at radius 2 is 1.82 bits per heavy atom. The molecule has 0 unspecified atom stereocenters. The fraction of sp³-hybridized carbons (Fsp3) is 0.300. The van der Waals surface area contributed by atoms with Crippen LogP contribution in [0, 0.1) is 0 Å². The van der Waals surface area contributed by atoms with Gasteiger partial charge in [-0.15, -0.1) is 0 Å². The number of aromatic carboxylic acids is 1. The van der Waals surface area contributed by atoms with Crippen molar-refractivity contribution in [3.05, 3.63) is 59.7 Å². The minimum absolute atomic E-state index is 0. The number of carboxylic acids is 1. The summed E-state index contributed by atoms with van der Waals surface area (Å²) in [7, 11) is 0. The van der Waals surface area contributed by atoms with E-state index in [0.29, 0.717) is 44.3 Å². The van der Waals surface area contributed by atoms with Gasteiger partial charge in [0.15, 0.2) is 0 Å². The van der Waals surface area contributed by atoms with Gasteiger partial charge < -0.3 is 24.7 Å². The summed E-state index contributed by atoms with van der Waals surface area (Å²) in [6, 6.07) is 13.8. The molecule has 1 aliphatic rings. The van der Waals surface area contributed by atoms with Crippen LogP contribution >= 0.6 is 0 Å². The van der Waals surface area contributed by atoms with Crippen LogP contribution in [0.3, 0.4) is 0 Å². The van der Waals surface area contributed by atoms with Gasteiger partial charge in [-0.3, -0.25) is 9.69 Å². The molecule has 2 aromatic carbocycles. The van der Waals surface area contributed by atoms with E-state index in [0.717, 1.165) is 5.56 Å². The van der Waals surface area contributed by atoms with E-state index in [1.54, 1.807) is 0 Å². The molecule has 1 saturated heterocycles. The van der Waals surface area contributed by atoms with E-state index in [1.807, 2.05) is 35.2 Å². The van der Waals surface area contributed by atoms with E-state index >= 15 is 0 Å². The molecule has 0 bridgehead atoms. The summed E-state index contributed by atoms with van der Waals surface area (Å²) < 4.78 is 11.1. The maximum absolute atomic E-state index is 12.4. The van der Waals surface area contributed by atoms with Gasteiger partial charge in [0.05, 0.1) is 31.4 Å². The summed E-state index contributed by atoms with van der Waals surface area (Å²) in [4.78, 5) is 25.5. The Kier molecular flexibility index (Phi) is 8.55. The van der Waals surface area contributed by atoms with E-state index in [4.69, 9.17) is 9.47 Å². The number of benzene rings is 2. The maximum atomic E-state index is 12.4. The Hall–Kier alpha value is -2.30. The van der Waals surface area contributed by atoms with Crippen molar-refractivity contribution in [3.8, 4) is 5.75 Å². The first-order chi connectivity index (χ1) is 13.1. The summed E-state index contributed by atoms with van der Waals surface area (Å²) >= 11 is 0. The van der Waals surface area contributed by atoms with Crippen LogP contribution in [-0.4, -0.2) is 49.6 Å². The second-order valence-electron chi connectivity index (χ2n) is 6.21. The molecule has 1 heterocycles. The molecular weight excluding hydrogens is 355 g/mol. The summed E-state index contributed by atoms with van der Waals surface area (Å²) in [6.07, 6.45) is 0. The minimum Gasteiger partial charge on any atom is -0.545 e. The molecule has 0 atom stereocenters. The molecule has 0 spiro atoms. The van der Waals surface area contributed by atoms with Crippen molar-refractivity contribution in [1.29, 1.82) is 0 Å². The summed E-state index contributed by atoms with van der Waals surface area (Å²) in [5.74, 6) is -1.15. The molecular formula is C20H21LiN2O5. The van der Waals surface area contributed by atoms with Gasteiger partial charge in [0.1, 0.15) is 12.4 Å². The van der Waals surface area contributed by atoms with Crippen LogP contribution in [0.4, 0.5) is 5.69 Å². The predicted octanol–water partition coefficient (Wildman–Crippen LogP) is -2.10. The third-order valence-electron chi connectivity index (χ3n) is 4.20. The zero-order valence-electron chi connectivity index (χ0n) is 15.8. The minimum atomic E-state index is -1.31. The average Bonchev–Trinajstić information content (AvgIpc) is 2.68. The SMILES string of the molecule is O=C(CN1CCOCC1)Nc1cc(C(=O)[O-])ccc1OCc1ccccc1.[Li+]. The molecule has 0 aromatic heterocycles. The van der Waals surface area contributed by atoms with E-state index in [-0.39, 0.29) is 36.9 Å². The van der Waals surface area contributed by atoms with Gasteiger partial charge in [0.25, 0.3) is 0 Å². The van der Waals surface area contributed by atoms with Crippen molar-refractivity contribution in [2.45, 2.75) is 6.61 Å². The van der Waals surface area contributed by atoms with Gasteiger partial charge in [0.2, 0.25) is 5.91 Å². The number of hydrogen-bond donors (Lipinski definition) is 1. The zero-order valence-corrected chi connectivity index (χ0v) is 15.8. The van der Waals surface area contributed by atoms with E-state index in [9.17, 15) is 14.7 Å². The second kappa shape index (κ2) is 10.9. The first kappa shape index (κ1) is 22.0. The molecule has 8 heteroatoms. The summed E-state index contributed by atoms with van der Waals surface area (Å²) in [6.45, 7) is 3.07. The number of nitrogens with zero attached hydrogens (tertiary/aromatic N) is 1. The number of anilines is 1. The van der Waals surface area contributed by atoms with Gasteiger partial charge in [-0.2, -0.15) is 0 Å². The van der Waals surface area contributed by atoms with Crippen LogP contribution in [0.25, 0.3) is 0 Å². The largest absolute Gasteiger partial charge is 1.00 e. The Balaban J connectivity index is 0.00000280. The number of nitrogens with one attached hydrogen (secondary N) is 1. The number of ether oxygens (including phenoxy) is 2. The Morgan fingerprint density at radius 1 is 1.11 bits per heavy atom. The predicted molar refractivity (Wildman–Crippen MR) is 97.4 cm³/mol. The normalized spacial score (nSPS) is 14.0. The molecule has 7 nitrogen and oxygen atoms in total. The molecule has 28 heavy (non-hydrogen) atoms. The molecule has 3 rings (SSSR count). The van der Waals surface area contributed by atoms with Crippen LogP contribution < -0.4 is 34.0 Å². The third-order valence-corrected chi connectivity index (χ3v) is 4.20. The van der Waals surface area contributed by atoms with Crippen molar-refractivity contribution in [2.24, 2.45) is 0 Å². The molecule has 2 aromatic rings. The van der Waals surface area contributed by atoms with Crippen LogP contribution in [0.5, 0.6) is 5.75 Å². The topological polar surface area (TPSA) is 90.9 Å². The van der Waals surface area contributed by atoms with Crippen molar-refractivity contribution in [1.82, 2.24) is 4.90 Å². The molecule has 1 aliphatic heterocycles. The maximum Gasteiger partial charge on any atom is 1.00 e. The first-order valence-corrected chi connectivity index (χ1v) is 8.74. The van der Waals surface area contributed by atoms with E-state index in [1.165, 1.54) is 18.2 Å². The quantitative estimate of drug-likeness (QED) is 0.557. The molecule has 1 N–H and O–H groups in total. The van der Waals surface area contributed by atoms with E-state index < -0.39 is 5.97 Å². The van der Waals surface area contributed by atoms with Crippen molar-refractivity contribution < 1.29 is 43.0 Å². The van der Waals surface area contributed by atoms with Crippen LogP contribution in [0.2, 0.25) is 0 Å². The Morgan fingerprint density at radius 3 is 2.50 bits per heavy atom. The number of amides is 1. The van der Waals surface area contributed by atoms with Gasteiger partial charge in [-0.05, 0) is 29.3 Å². The van der Waals surface area contributed by atoms with Crippen molar-refractivity contribution in [2.75, 3.05) is 38.2 Å². The van der Waals surface area contributed by atoms with Gasteiger partial charge in [0, 0.05) is 13.1 Å². The van der Waals surface area contributed by atoms with Crippen molar-refractivity contribution >= 4 is 17.6 Å². The zero-order chi connectivity index (χ0) is 19.1. The molecule has 1 fully saturated rings. The smallest absolute Gasteiger partial charge is 0.545 e. The van der Waals surface area contributed by atoms with Crippen LogP contribution in [-0.2, 0) is 16.1 Å². The molecule has 0 aliphatic carbocycles. The average molecular weight is 376 g/mol. The monoisotopic (exact) mass is 376 g/mol. The van der Waals surface area contributed by atoms with Gasteiger partial charge >= 0.3 is 18.9 Å². The van der Waals surface area contributed by atoms with Gasteiger partial charge in [-0.25, -0.2) is 0 Å². The Bertz CT molecular complexity index is 794. The van der Waals surface area contributed by atoms with Crippen LogP contribution in [0.1, 0.15) is 15.9 Å². The van der Waals surface area contributed by atoms with Gasteiger partial charge in [-0.1, -0.05) is 30.3 Å².